The third kappa shape index (κ3) is 3.16. The van der Waals surface area contributed by atoms with Gasteiger partial charge in [-0.3, -0.25) is 0 Å². The SMILES string of the molecule is CCOc1cc(F)ccc1NCc1ccncn1. The molecule has 1 N–H and O–H groups in total. The average Bonchev–Trinajstić information content (AvgIpc) is 2.39. The quantitative estimate of drug-likeness (QED) is 0.882. The highest BCUT2D eigenvalue weighted by molar-refractivity contribution is 5.56. The third-order valence-electron chi connectivity index (χ3n) is 2.35. The molecule has 1 heterocycles. The van der Waals surface area contributed by atoms with Gasteiger partial charge in [-0.1, -0.05) is 0 Å². The molecular weight excluding hydrogens is 233 g/mol. The third-order valence-corrected chi connectivity index (χ3v) is 2.35. The Morgan fingerprint density at radius 1 is 1.33 bits per heavy atom. The minimum absolute atomic E-state index is 0.314. The summed E-state index contributed by atoms with van der Waals surface area (Å²) in [5, 5.41) is 3.16. The van der Waals surface area contributed by atoms with Gasteiger partial charge in [0.2, 0.25) is 0 Å². The van der Waals surface area contributed by atoms with Gasteiger partial charge in [0.05, 0.1) is 24.5 Å². The Morgan fingerprint density at radius 3 is 2.94 bits per heavy atom. The lowest BCUT2D eigenvalue weighted by atomic mass is 10.2. The average molecular weight is 247 g/mol. The molecule has 0 saturated carbocycles. The van der Waals surface area contributed by atoms with Crippen LogP contribution in [0.25, 0.3) is 0 Å². The van der Waals surface area contributed by atoms with Crippen LogP contribution in [0.2, 0.25) is 0 Å². The Morgan fingerprint density at radius 2 is 2.22 bits per heavy atom. The lowest BCUT2D eigenvalue weighted by molar-refractivity contribution is 0.339. The largest absolute Gasteiger partial charge is 0.492 e. The zero-order valence-corrected chi connectivity index (χ0v) is 10.1. The topological polar surface area (TPSA) is 47.0 Å². The Balaban J connectivity index is 2.09. The second-order valence-electron chi connectivity index (χ2n) is 3.63. The van der Waals surface area contributed by atoms with Crippen molar-refractivity contribution in [1.29, 1.82) is 0 Å². The minimum atomic E-state index is -0.314. The molecule has 1 aromatic heterocycles. The summed E-state index contributed by atoms with van der Waals surface area (Å²) in [4.78, 5) is 7.94. The number of anilines is 1. The first kappa shape index (κ1) is 12.3. The van der Waals surface area contributed by atoms with E-state index in [2.05, 4.69) is 15.3 Å². The number of aromatic nitrogens is 2. The summed E-state index contributed by atoms with van der Waals surface area (Å²) in [7, 11) is 0. The van der Waals surface area contributed by atoms with Crippen LogP contribution in [0.15, 0.2) is 36.8 Å². The summed E-state index contributed by atoms with van der Waals surface area (Å²) in [5.41, 5.74) is 1.61. The van der Waals surface area contributed by atoms with Crippen LogP contribution < -0.4 is 10.1 Å². The molecule has 4 nitrogen and oxygen atoms in total. The van der Waals surface area contributed by atoms with Gasteiger partial charge in [0.1, 0.15) is 17.9 Å². The summed E-state index contributed by atoms with van der Waals surface area (Å²) in [6.45, 7) is 2.89. The van der Waals surface area contributed by atoms with Crippen LogP contribution in [-0.2, 0) is 6.54 Å². The van der Waals surface area contributed by atoms with E-state index in [4.69, 9.17) is 4.74 Å². The zero-order chi connectivity index (χ0) is 12.8. The fourth-order valence-electron chi connectivity index (χ4n) is 1.53. The van der Waals surface area contributed by atoms with Gasteiger partial charge >= 0.3 is 0 Å². The molecule has 2 rings (SSSR count). The standard InChI is InChI=1S/C13H14FN3O/c1-2-18-13-7-10(14)3-4-12(13)16-8-11-5-6-15-9-17-11/h3-7,9,16H,2,8H2,1H3. The van der Waals surface area contributed by atoms with Crippen molar-refractivity contribution in [2.24, 2.45) is 0 Å². The summed E-state index contributed by atoms with van der Waals surface area (Å²) in [6.07, 6.45) is 3.17. The van der Waals surface area contributed by atoms with E-state index in [-0.39, 0.29) is 5.82 Å². The van der Waals surface area contributed by atoms with E-state index in [1.165, 1.54) is 18.5 Å². The van der Waals surface area contributed by atoms with Crippen LogP contribution in [-0.4, -0.2) is 16.6 Å². The molecule has 0 aliphatic rings. The molecule has 0 aliphatic heterocycles. The molecule has 0 atom stereocenters. The maximum atomic E-state index is 13.1. The van der Waals surface area contributed by atoms with Crippen LogP contribution >= 0.6 is 0 Å². The van der Waals surface area contributed by atoms with Crippen molar-refractivity contribution in [3.05, 3.63) is 48.3 Å². The molecule has 0 amide bonds. The molecule has 0 unspecified atom stereocenters. The lowest BCUT2D eigenvalue weighted by Gasteiger charge is -2.12. The smallest absolute Gasteiger partial charge is 0.145 e. The molecule has 0 spiro atoms. The Kier molecular flexibility index (Phi) is 4.06. The van der Waals surface area contributed by atoms with Gasteiger partial charge in [0.25, 0.3) is 0 Å². The molecule has 0 aliphatic carbocycles. The first-order valence-corrected chi connectivity index (χ1v) is 5.70. The molecule has 0 saturated heterocycles. The second-order valence-corrected chi connectivity index (χ2v) is 3.63. The summed E-state index contributed by atoms with van der Waals surface area (Å²) < 4.78 is 18.5. The minimum Gasteiger partial charge on any atom is -0.492 e. The van der Waals surface area contributed by atoms with Crippen molar-refractivity contribution in [3.63, 3.8) is 0 Å². The van der Waals surface area contributed by atoms with Crippen LogP contribution in [0.5, 0.6) is 5.75 Å². The van der Waals surface area contributed by atoms with Gasteiger partial charge in [0.15, 0.2) is 0 Å². The highest BCUT2D eigenvalue weighted by atomic mass is 19.1. The number of ether oxygens (including phenoxy) is 1. The first-order valence-electron chi connectivity index (χ1n) is 5.70. The number of benzene rings is 1. The van der Waals surface area contributed by atoms with Crippen LogP contribution in [0, 0.1) is 5.82 Å². The molecule has 0 radical (unpaired) electrons. The van der Waals surface area contributed by atoms with E-state index in [0.717, 1.165) is 11.4 Å². The number of hydrogen-bond donors (Lipinski definition) is 1. The van der Waals surface area contributed by atoms with Crippen molar-refractivity contribution >= 4 is 5.69 Å². The molecule has 1 aromatic carbocycles. The fraction of sp³-hybridized carbons (Fsp3) is 0.231. The molecule has 2 aromatic rings. The van der Waals surface area contributed by atoms with E-state index in [9.17, 15) is 4.39 Å². The predicted molar refractivity (Wildman–Crippen MR) is 66.9 cm³/mol. The number of rotatable bonds is 5. The second kappa shape index (κ2) is 5.95. The van der Waals surface area contributed by atoms with Gasteiger partial charge in [0, 0.05) is 12.3 Å². The summed E-state index contributed by atoms with van der Waals surface area (Å²) in [6, 6.07) is 6.23. The number of hydrogen-bond acceptors (Lipinski definition) is 4. The summed E-state index contributed by atoms with van der Waals surface area (Å²) in [5.74, 6) is 0.192. The van der Waals surface area contributed by atoms with Crippen molar-refractivity contribution in [2.75, 3.05) is 11.9 Å². The van der Waals surface area contributed by atoms with Crippen molar-refractivity contribution in [1.82, 2.24) is 9.97 Å². The first-order chi connectivity index (χ1) is 8.79. The van der Waals surface area contributed by atoms with Crippen molar-refractivity contribution in [3.8, 4) is 5.75 Å². The summed E-state index contributed by atoms with van der Waals surface area (Å²) >= 11 is 0. The maximum Gasteiger partial charge on any atom is 0.145 e. The predicted octanol–water partition coefficient (Wildman–Crippen LogP) is 2.63. The number of nitrogens with one attached hydrogen (secondary N) is 1. The zero-order valence-electron chi connectivity index (χ0n) is 10.1. The molecule has 0 fully saturated rings. The Labute approximate surface area is 105 Å². The normalized spacial score (nSPS) is 10.1. The van der Waals surface area contributed by atoms with Crippen molar-refractivity contribution < 1.29 is 9.13 Å². The Bertz CT molecular complexity index is 505. The molecule has 0 bridgehead atoms. The highest BCUT2D eigenvalue weighted by Crippen LogP contribution is 2.25. The van der Waals surface area contributed by atoms with Gasteiger partial charge in [-0.2, -0.15) is 0 Å². The molecule has 18 heavy (non-hydrogen) atoms. The molecule has 94 valence electrons. The number of halogens is 1. The van der Waals surface area contributed by atoms with Crippen LogP contribution in [0.4, 0.5) is 10.1 Å². The van der Waals surface area contributed by atoms with Gasteiger partial charge in [-0.15, -0.1) is 0 Å². The van der Waals surface area contributed by atoms with Crippen LogP contribution in [0.1, 0.15) is 12.6 Å². The van der Waals surface area contributed by atoms with Gasteiger partial charge in [-0.25, -0.2) is 14.4 Å². The monoisotopic (exact) mass is 247 g/mol. The lowest BCUT2D eigenvalue weighted by Crippen LogP contribution is -2.04. The Hall–Kier alpha value is -2.17. The van der Waals surface area contributed by atoms with Gasteiger partial charge < -0.3 is 10.1 Å². The number of nitrogens with zero attached hydrogens (tertiary/aromatic N) is 2. The van der Waals surface area contributed by atoms with E-state index in [1.807, 2.05) is 13.0 Å². The van der Waals surface area contributed by atoms with E-state index < -0.39 is 0 Å². The maximum absolute atomic E-state index is 13.1. The highest BCUT2D eigenvalue weighted by Gasteiger charge is 2.05. The molecule has 5 heteroatoms. The van der Waals surface area contributed by atoms with Gasteiger partial charge in [-0.05, 0) is 25.1 Å². The van der Waals surface area contributed by atoms with Crippen molar-refractivity contribution in [2.45, 2.75) is 13.5 Å². The fourth-order valence-corrected chi connectivity index (χ4v) is 1.53. The van der Waals surface area contributed by atoms with E-state index >= 15 is 0 Å². The van der Waals surface area contributed by atoms with E-state index in [1.54, 1.807) is 12.3 Å². The molecular formula is C13H14FN3O. The van der Waals surface area contributed by atoms with E-state index in [0.29, 0.717) is 18.9 Å². The van der Waals surface area contributed by atoms with Crippen LogP contribution in [0.3, 0.4) is 0 Å².